The molecule has 3 aromatic carbocycles. The summed E-state index contributed by atoms with van der Waals surface area (Å²) in [4.78, 5) is 23.8. The van der Waals surface area contributed by atoms with Gasteiger partial charge in [-0.25, -0.2) is 5.43 Å². The number of nitrogens with zero attached hydrogens (tertiary/aromatic N) is 5. The average Bonchev–Trinajstić information content (AvgIpc) is 3.40. The Balaban J connectivity index is 1.36. The van der Waals surface area contributed by atoms with Crippen molar-refractivity contribution in [2.24, 2.45) is 5.10 Å². The van der Waals surface area contributed by atoms with Crippen LogP contribution in [0.1, 0.15) is 16.9 Å². The number of non-ortho nitro benzene ring substituents is 1. The number of anilines is 5. The van der Waals surface area contributed by atoms with E-state index in [0.717, 1.165) is 21.3 Å². The summed E-state index contributed by atoms with van der Waals surface area (Å²) in [5.41, 5.74) is 7.40. The summed E-state index contributed by atoms with van der Waals surface area (Å²) in [5.74, 6) is 1.90. The second kappa shape index (κ2) is 11.7. The molecule has 3 N–H and O–H groups in total. The lowest BCUT2D eigenvalue weighted by Crippen LogP contribution is -2.07. The monoisotopic (exact) mass is 598 g/mol. The van der Waals surface area contributed by atoms with Crippen LogP contribution < -0.4 is 16.1 Å². The molecular weight excluding hydrogens is 576 g/mol. The van der Waals surface area contributed by atoms with E-state index < -0.39 is 4.92 Å². The zero-order chi connectivity index (χ0) is 28.1. The Bertz CT molecular complexity index is 1690. The first-order valence-electron chi connectivity index (χ1n) is 12.1. The van der Waals surface area contributed by atoms with Crippen molar-refractivity contribution in [1.82, 2.24) is 15.0 Å². The van der Waals surface area contributed by atoms with E-state index in [0.29, 0.717) is 17.2 Å². The van der Waals surface area contributed by atoms with Gasteiger partial charge in [-0.15, -0.1) is 0 Å². The van der Waals surface area contributed by atoms with Crippen LogP contribution in [0.5, 0.6) is 0 Å². The summed E-state index contributed by atoms with van der Waals surface area (Å²) in [7, 11) is 0. The number of hydrogen-bond acceptors (Lipinski definition) is 10. The average molecular weight is 599 g/mol. The van der Waals surface area contributed by atoms with Crippen LogP contribution in [0, 0.1) is 24.0 Å². The summed E-state index contributed by atoms with van der Waals surface area (Å²) in [6.07, 6.45) is 1.52. The third kappa shape index (κ3) is 6.66. The highest BCUT2D eigenvalue weighted by molar-refractivity contribution is 9.10. The molecule has 2 heterocycles. The maximum atomic E-state index is 11.0. The molecule has 0 spiro atoms. The SMILES string of the molecule is Cc1ccc(Nc2nc(N/N=C/c3ccc(-c4ccc(Br)cc4)o3)nc(Nc3ccc([N+](=O)[O-])cc3)n2)cc1C. The Hall–Kier alpha value is -5.10. The molecule has 2 aromatic heterocycles. The zero-order valence-electron chi connectivity index (χ0n) is 21.4. The summed E-state index contributed by atoms with van der Waals surface area (Å²) < 4.78 is 6.86. The summed E-state index contributed by atoms with van der Waals surface area (Å²) in [5, 5.41) is 21.5. The first-order chi connectivity index (χ1) is 19.3. The number of halogens is 1. The maximum Gasteiger partial charge on any atom is 0.269 e. The van der Waals surface area contributed by atoms with Gasteiger partial charge in [-0.05, 0) is 73.5 Å². The number of hydrogen-bond donors (Lipinski definition) is 3. The maximum absolute atomic E-state index is 11.0. The number of nitro benzene ring substituents is 1. The van der Waals surface area contributed by atoms with Gasteiger partial charge in [-0.1, -0.05) is 34.1 Å². The van der Waals surface area contributed by atoms with Crippen molar-refractivity contribution in [3.05, 3.63) is 110 Å². The van der Waals surface area contributed by atoms with Crippen molar-refractivity contribution in [3.8, 4) is 11.3 Å². The predicted octanol–water partition coefficient (Wildman–Crippen LogP) is 7.35. The summed E-state index contributed by atoms with van der Waals surface area (Å²) in [6.45, 7) is 4.06. The number of furan rings is 1. The largest absolute Gasteiger partial charge is 0.455 e. The molecule has 0 fully saturated rings. The Kier molecular flexibility index (Phi) is 7.78. The Labute approximate surface area is 237 Å². The van der Waals surface area contributed by atoms with Crippen molar-refractivity contribution in [2.75, 3.05) is 16.1 Å². The van der Waals surface area contributed by atoms with Gasteiger partial charge in [0.05, 0.1) is 11.1 Å². The molecule has 200 valence electrons. The van der Waals surface area contributed by atoms with Crippen LogP contribution in [0.15, 0.2) is 92.9 Å². The molecule has 11 nitrogen and oxygen atoms in total. The first kappa shape index (κ1) is 26.5. The van der Waals surface area contributed by atoms with Gasteiger partial charge in [0.1, 0.15) is 11.5 Å². The van der Waals surface area contributed by atoms with E-state index in [1.807, 2.05) is 68.4 Å². The van der Waals surface area contributed by atoms with Crippen LogP contribution >= 0.6 is 15.9 Å². The molecule has 0 atom stereocenters. The molecular formula is C28H23BrN8O3. The fraction of sp³-hybridized carbons (Fsp3) is 0.0714. The van der Waals surface area contributed by atoms with E-state index in [-0.39, 0.29) is 23.5 Å². The zero-order valence-corrected chi connectivity index (χ0v) is 23.0. The number of rotatable bonds is 9. The lowest BCUT2D eigenvalue weighted by atomic mass is 10.1. The summed E-state index contributed by atoms with van der Waals surface area (Å²) >= 11 is 3.43. The van der Waals surface area contributed by atoms with Gasteiger partial charge in [-0.2, -0.15) is 20.1 Å². The van der Waals surface area contributed by atoms with Crippen molar-refractivity contribution in [3.63, 3.8) is 0 Å². The molecule has 0 saturated carbocycles. The van der Waals surface area contributed by atoms with Gasteiger partial charge in [0.15, 0.2) is 0 Å². The second-order valence-electron chi connectivity index (χ2n) is 8.74. The van der Waals surface area contributed by atoms with Gasteiger partial charge in [0.2, 0.25) is 17.8 Å². The first-order valence-corrected chi connectivity index (χ1v) is 12.9. The number of nitrogens with one attached hydrogen (secondary N) is 3. The number of hydrazone groups is 1. The van der Waals surface area contributed by atoms with E-state index in [1.165, 1.54) is 23.9 Å². The van der Waals surface area contributed by atoms with Crippen LogP contribution in [-0.4, -0.2) is 26.1 Å². The highest BCUT2D eigenvalue weighted by Gasteiger charge is 2.10. The fourth-order valence-corrected chi connectivity index (χ4v) is 3.89. The number of aryl methyl sites for hydroxylation is 2. The lowest BCUT2D eigenvalue weighted by molar-refractivity contribution is -0.384. The Morgan fingerprint density at radius 2 is 1.48 bits per heavy atom. The fourth-order valence-electron chi connectivity index (χ4n) is 3.63. The van der Waals surface area contributed by atoms with E-state index in [1.54, 1.807) is 12.1 Å². The minimum atomic E-state index is -0.459. The van der Waals surface area contributed by atoms with Crippen molar-refractivity contribution < 1.29 is 9.34 Å². The normalized spacial score (nSPS) is 11.0. The van der Waals surface area contributed by atoms with Gasteiger partial charge < -0.3 is 15.1 Å². The highest BCUT2D eigenvalue weighted by atomic mass is 79.9. The molecule has 0 radical (unpaired) electrons. The topological polar surface area (TPSA) is 143 Å². The highest BCUT2D eigenvalue weighted by Crippen LogP contribution is 2.24. The van der Waals surface area contributed by atoms with Crippen molar-refractivity contribution >= 4 is 57.1 Å². The lowest BCUT2D eigenvalue weighted by Gasteiger charge is -2.11. The Morgan fingerprint density at radius 3 is 2.15 bits per heavy atom. The van der Waals surface area contributed by atoms with Gasteiger partial charge in [-0.3, -0.25) is 10.1 Å². The van der Waals surface area contributed by atoms with Gasteiger partial charge >= 0.3 is 0 Å². The quantitative estimate of drug-likeness (QED) is 0.0900. The summed E-state index contributed by atoms with van der Waals surface area (Å²) in [6, 6.07) is 23.3. The molecule has 0 aliphatic heterocycles. The third-order valence-electron chi connectivity index (χ3n) is 5.84. The molecule has 0 bridgehead atoms. The van der Waals surface area contributed by atoms with Crippen LogP contribution in [0.2, 0.25) is 0 Å². The van der Waals surface area contributed by atoms with E-state index in [9.17, 15) is 10.1 Å². The molecule has 0 saturated heterocycles. The van der Waals surface area contributed by atoms with Crippen molar-refractivity contribution in [2.45, 2.75) is 13.8 Å². The molecule has 5 rings (SSSR count). The molecule has 0 amide bonds. The van der Waals surface area contributed by atoms with Crippen LogP contribution in [0.4, 0.5) is 34.9 Å². The number of aromatic nitrogens is 3. The van der Waals surface area contributed by atoms with E-state index >= 15 is 0 Å². The molecule has 40 heavy (non-hydrogen) atoms. The molecule has 0 aliphatic carbocycles. The molecule has 0 unspecified atom stereocenters. The smallest absolute Gasteiger partial charge is 0.269 e. The van der Waals surface area contributed by atoms with E-state index in [2.05, 4.69) is 52.0 Å². The van der Waals surface area contributed by atoms with Crippen LogP contribution in [-0.2, 0) is 0 Å². The van der Waals surface area contributed by atoms with Gasteiger partial charge in [0, 0.05) is 33.5 Å². The number of benzene rings is 3. The third-order valence-corrected chi connectivity index (χ3v) is 6.37. The minimum absolute atomic E-state index is 0.0174. The second-order valence-corrected chi connectivity index (χ2v) is 9.65. The van der Waals surface area contributed by atoms with Crippen molar-refractivity contribution in [1.29, 1.82) is 0 Å². The van der Waals surface area contributed by atoms with Crippen LogP contribution in [0.25, 0.3) is 11.3 Å². The number of nitro groups is 1. The predicted molar refractivity (Wildman–Crippen MR) is 158 cm³/mol. The molecule has 5 aromatic rings. The van der Waals surface area contributed by atoms with E-state index in [4.69, 9.17) is 4.42 Å². The minimum Gasteiger partial charge on any atom is -0.455 e. The van der Waals surface area contributed by atoms with Crippen LogP contribution in [0.3, 0.4) is 0 Å². The molecule has 12 heteroatoms. The Morgan fingerprint density at radius 1 is 0.825 bits per heavy atom. The molecule has 0 aliphatic rings. The van der Waals surface area contributed by atoms with Gasteiger partial charge in [0.25, 0.3) is 5.69 Å². The standard InChI is InChI=1S/C28H23BrN8O3/c1-17-3-8-22(15-18(17)2)32-27-33-26(31-21-9-11-23(12-10-21)37(38)39)34-28(35-27)36-30-16-24-13-14-25(40-24)19-4-6-20(29)7-5-19/h3-16H,1-2H3,(H3,31,32,33,34,35,36)/b30-16+.